The summed E-state index contributed by atoms with van der Waals surface area (Å²) in [6, 6.07) is 21.4. The van der Waals surface area contributed by atoms with E-state index in [0.717, 1.165) is 35.1 Å². The normalized spacial score (nSPS) is 20.4. The van der Waals surface area contributed by atoms with Gasteiger partial charge >= 0.3 is 0 Å². The first-order valence-electron chi connectivity index (χ1n) is 15.3. The number of ether oxygens (including phenoxy) is 2. The van der Waals surface area contributed by atoms with Crippen LogP contribution < -0.4 is 15.2 Å². The summed E-state index contributed by atoms with van der Waals surface area (Å²) in [5.74, 6) is -1.98. The number of nitrogens with zero attached hydrogens (tertiary/aromatic N) is 3. The Morgan fingerprint density at radius 2 is 1.67 bits per heavy atom. The maximum Gasteiger partial charge on any atom is 0.277 e. The summed E-state index contributed by atoms with van der Waals surface area (Å²) in [7, 11) is 0. The summed E-state index contributed by atoms with van der Waals surface area (Å²) in [5.41, 5.74) is 3.65. The molecule has 9 heteroatoms. The molecule has 1 amide bonds. The van der Waals surface area contributed by atoms with Gasteiger partial charge in [-0.3, -0.25) is 19.3 Å². The van der Waals surface area contributed by atoms with Gasteiger partial charge < -0.3 is 14.4 Å². The molecule has 0 bridgehead atoms. The Kier molecular flexibility index (Phi) is 6.60. The molecule has 0 N–H and O–H groups in total. The van der Waals surface area contributed by atoms with Crippen LogP contribution in [0, 0.1) is 17.6 Å². The first-order valence-corrected chi connectivity index (χ1v) is 15.3. The van der Waals surface area contributed by atoms with Gasteiger partial charge in [-0.1, -0.05) is 60.7 Å². The topological polar surface area (TPSA) is 64.0 Å². The SMILES string of the molecule is O=C1c2c(OCc3ccccc3)c(=O)ccn2N(C23C(=Cc4cc(F)c(F)cc42)Cc2ccccc23)CN1CC1CCOCC1. The second-order valence-corrected chi connectivity index (χ2v) is 12.2. The monoisotopic (exact) mass is 607 g/mol. The molecule has 3 heterocycles. The highest BCUT2D eigenvalue weighted by atomic mass is 19.2. The largest absolute Gasteiger partial charge is 0.482 e. The van der Waals surface area contributed by atoms with Gasteiger partial charge in [-0.15, -0.1) is 0 Å². The lowest BCUT2D eigenvalue weighted by Crippen LogP contribution is -2.63. The number of aromatic nitrogens is 1. The van der Waals surface area contributed by atoms with Gasteiger partial charge in [-0.2, -0.15) is 0 Å². The van der Waals surface area contributed by atoms with Gasteiger partial charge in [-0.05, 0) is 70.7 Å². The average molecular weight is 608 g/mol. The number of amides is 1. The lowest BCUT2D eigenvalue weighted by atomic mass is 9.83. The van der Waals surface area contributed by atoms with E-state index in [-0.39, 0.29) is 36.5 Å². The predicted octanol–water partition coefficient (Wildman–Crippen LogP) is 5.38. The van der Waals surface area contributed by atoms with Gasteiger partial charge in [0.2, 0.25) is 5.43 Å². The molecule has 4 aromatic rings. The molecule has 3 aromatic carbocycles. The first-order chi connectivity index (χ1) is 21.9. The zero-order valence-corrected chi connectivity index (χ0v) is 24.5. The van der Waals surface area contributed by atoms with E-state index in [4.69, 9.17) is 9.47 Å². The molecule has 1 aromatic heterocycles. The first kappa shape index (κ1) is 27.8. The highest BCUT2D eigenvalue weighted by Crippen LogP contribution is 2.55. The number of hydrogen-bond donors (Lipinski definition) is 0. The van der Waals surface area contributed by atoms with Crippen LogP contribution in [0.1, 0.15) is 51.1 Å². The number of benzene rings is 3. The highest BCUT2D eigenvalue weighted by Gasteiger charge is 2.55. The number of halogens is 2. The van der Waals surface area contributed by atoms with Gasteiger partial charge in [0.1, 0.15) is 18.8 Å². The minimum atomic E-state index is -1.05. The van der Waals surface area contributed by atoms with Crippen LogP contribution in [0.4, 0.5) is 8.78 Å². The number of hydrogen-bond acceptors (Lipinski definition) is 5. The van der Waals surface area contributed by atoms with Crippen molar-refractivity contribution in [1.82, 2.24) is 9.58 Å². The van der Waals surface area contributed by atoms with E-state index in [9.17, 15) is 14.0 Å². The summed E-state index contributed by atoms with van der Waals surface area (Å²) >= 11 is 0. The Labute approximate surface area is 258 Å². The summed E-state index contributed by atoms with van der Waals surface area (Å²) in [6.07, 6.45) is 5.74. The Balaban J connectivity index is 1.33. The van der Waals surface area contributed by atoms with Gasteiger partial charge in [0.15, 0.2) is 23.1 Å². The summed E-state index contributed by atoms with van der Waals surface area (Å²) in [4.78, 5) is 29.6. The molecule has 1 unspecified atom stereocenters. The Bertz CT molecular complexity index is 1920. The number of carbonyl (C=O) groups is 1. The minimum Gasteiger partial charge on any atom is -0.482 e. The molecule has 8 rings (SSSR count). The van der Waals surface area contributed by atoms with Gasteiger partial charge in [-0.25, -0.2) is 8.78 Å². The van der Waals surface area contributed by atoms with Crippen molar-refractivity contribution in [2.45, 2.75) is 31.4 Å². The van der Waals surface area contributed by atoms with Crippen molar-refractivity contribution < 1.29 is 23.0 Å². The second kappa shape index (κ2) is 10.7. The number of fused-ring (bicyclic) bond motifs is 6. The fraction of sp³-hybridized carbons (Fsp3) is 0.278. The summed E-state index contributed by atoms with van der Waals surface area (Å²) in [6.45, 7) is 1.98. The highest BCUT2D eigenvalue weighted by molar-refractivity contribution is 5.96. The lowest BCUT2D eigenvalue weighted by Gasteiger charge is -2.50. The predicted molar refractivity (Wildman–Crippen MR) is 164 cm³/mol. The molecule has 45 heavy (non-hydrogen) atoms. The van der Waals surface area contributed by atoms with Gasteiger partial charge in [0.25, 0.3) is 5.91 Å². The molecule has 0 saturated carbocycles. The molecule has 2 aliphatic carbocycles. The Morgan fingerprint density at radius 3 is 2.49 bits per heavy atom. The zero-order chi connectivity index (χ0) is 30.7. The van der Waals surface area contributed by atoms with Crippen LogP contribution in [0.15, 0.2) is 89.4 Å². The smallest absolute Gasteiger partial charge is 0.277 e. The van der Waals surface area contributed by atoms with Crippen LogP contribution in [0.25, 0.3) is 6.08 Å². The number of carbonyl (C=O) groups excluding carboxylic acids is 1. The van der Waals surface area contributed by atoms with E-state index in [2.05, 4.69) is 0 Å². The maximum absolute atomic E-state index is 15.1. The summed E-state index contributed by atoms with van der Waals surface area (Å²) < 4.78 is 43.2. The molecular formula is C36H31F2N3O4. The van der Waals surface area contributed by atoms with Crippen molar-refractivity contribution in [3.05, 3.63) is 140 Å². The minimum absolute atomic E-state index is 0.0373. The molecule has 7 nitrogen and oxygen atoms in total. The molecule has 1 atom stereocenters. The zero-order valence-electron chi connectivity index (χ0n) is 24.5. The van der Waals surface area contributed by atoms with E-state index in [1.807, 2.05) is 65.7 Å². The van der Waals surface area contributed by atoms with Crippen molar-refractivity contribution in [3.63, 3.8) is 0 Å². The Hall–Kier alpha value is -4.76. The van der Waals surface area contributed by atoms with Crippen LogP contribution in [-0.4, -0.2) is 41.9 Å². The molecular weight excluding hydrogens is 576 g/mol. The van der Waals surface area contributed by atoms with Crippen molar-refractivity contribution in [2.24, 2.45) is 5.92 Å². The van der Waals surface area contributed by atoms with Crippen LogP contribution in [0.2, 0.25) is 0 Å². The van der Waals surface area contributed by atoms with E-state index in [1.165, 1.54) is 18.2 Å². The quantitative estimate of drug-likeness (QED) is 0.295. The lowest BCUT2D eigenvalue weighted by molar-refractivity contribution is 0.0398. The number of rotatable bonds is 6. The second-order valence-electron chi connectivity index (χ2n) is 12.2. The van der Waals surface area contributed by atoms with E-state index in [0.29, 0.717) is 37.3 Å². The molecule has 0 radical (unpaired) electrons. The molecule has 1 saturated heterocycles. The van der Waals surface area contributed by atoms with Crippen molar-refractivity contribution >= 4 is 12.0 Å². The van der Waals surface area contributed by atoms with Crippen LogP contribution >= 0.6 is 0 Å². The molecule has 1 fully saturated rings. The molecule has 2 aliphatic heterocycles. The average Bonchev–Trinajstić information content (AvgIpc) is 3.54. The van der Waals surface area contributed by atoms with Crippen LogP contribution in [0.3, 0.4) is 0 Å². The van der Waals surface area contributed by atoms with Crippen molar-refractivity contribution in [3.8, 4) is 5.75 Å². The van der Waals surface area contributed by atoms with Gasteiger partial charge in [0.05, 0.1) is 0 Å². The number of pyridine rings is 1. The third-order valence-corrected chi connectivity index (χ3v) is 9.59. The fourth-order valence-corrected chi connectivity index (χ4v) is 7.50. The van der Waals surface area contributed by atoms with Crippen LogP contribution in [-0.2, 0) is 23.3 Å². The van der Waals surface area contributed by atoms with Crippen molar-refractivity contribution in [2.75, 3.05) is 31.4 Å². The molecule has 228 valence electrons. The van der Waals surface area contributed by atoms with Gasteiger partial charge in [0, 0.05) is 32.0 Å². The standard InChI is InChI=1S/C36H31F2N3O4/c37-30-18-26-17-27-16-25-8-4-5-9-28(25)36(27,29(26)19-31(30)38)41-22-39(20-23-11-14-44-15-12-23)35(43)33-34(32(42)10-13-40(33)41)45-21-24-6-2-1-3-7-24/h1-10,13,17-19,23H,11-12,14-16,20-22H2. The maximum atomic E-state index is 15.1. The van der Waals surface area contributed by atoms with Crippen molar-refractivity contribution in [1.29, 1.82) is 0 Å². The van der Waals surface area contributed by atoms with E-state index in [1.54, 1.807) is 15.8 Å². The van der Waals surface area contributed by atoms with E-state index >= 15 is 4.39 Å². The third kappa shape index (κ3) is 4.32. The third-order valence-electron chi connectivity index (χ3n) is 9.59. The van der Waals surface area contributed by atoms with E-state index < -0.39 is 22.6 Å². The fourth-order valence-electron chi connectivity index (χ4n) is 7.50. The molecule has 0 spiro atoms. The van der Waals surface area contributed by atoms with Crippen LogP contribution in [0.5, 0.6) is 5.75 Å². The molecule has 4 aliphatic rings. The summed E-state index contributed by atoms with van der Waals surface area (Å²) in [5, 5.41) is 2.03. The Morgan fingerprint density at radius 1 is 0.911 bits per heavy atom.